The quantitative estimate of drug-likeness (QED) is 0.761. The first kappa shape index (κ1) is 12.0. The first-order chi connectivity index (χ1) is 7.63. The molecule has 0 atom stereocenters. The zero-order chi connectivity index (χ0) is 12.0. The van der Waals surface area contributed by atoms with Crippen molar-refractivity contribution in [1.82, 2.24) is 5.32 Å². The van der Waals surface area contributed by atoms with Gasteiger partial charge < -0.3 is 15.2 Å². The fourth-order valence-electron chi connectivity index (χ4n) is 1.15. The Balaban J connectivity index is 2.60. The summed E-state index contributed by atoms with van der Waals surface area (Å²) >= 11 is 0. The fraction of sp³-hybridized carbons (Fsp3) is 0.273. The third-order valence-corrected chi connectivity index (χ3v) is 1.91. The molecule has 0 bridgehead atoms. The minimum Gasteiger partial charge on any atom is -0.465 e. The van der Waals surface area contributed by atoms with Crippen molar-refractivity contribution in [3.63, 3.8) is 0 Å². The summed E-state index contributed by atoms with van der Waals surface area (Å²) in [5.41, 5.74) is 1.25. The van der Waals surface area contributed by atoms with Crippen molar-refractivity contribution in [3.8, 4) is 0 Å². The molecule has 5 nitrogen and oxygen atoms in total. The lowest BCUT2D eigenvalue weighted by molar-refractivity contribution is 0.0526. The normalized spacial score (nSPS) is 9.56. The third kappa shape index (κ3) is 3.61. The smallest absolute Gasteiger partial charge is 0.404 e. The molecule has 0 aliphatic carbocycles. The molecule has 16 heavy (non-hydrogen) atoms. The minimum absolute atomic E-state index is 0.221. The maximum atomic E-state index is 11.3. The van der Waals surface area contributed by atoms with Gasteiger partial charge in [-0.2, -0.15) is 0 Å². The largest absolute Gasteiger partial charge is 0.465 e. The van der Waals surface area contributed by atoms with Gasteiger partial charge in [-0.15, -0.1) is 0 Å². The number of esters is 1. The van der Waals surface area contributed by atoms with E-state index in [2.05, 4.69) is 5.32 Å². The second kappa shape index (κ2) is 5.75. The van der Waals surface area contributed by atoms with Gasteiger partial charge >= 0.3 is 12.1 Å². The van der Waals surface area contributed by atoms with Crippen molar-refractivity contribution < 1.29 is 19.4 Å². The van der Waals surface area contributed by atoms with Crippen LogP contribution in [0.2, 0.25) is 0 Å². The molecule has 0 saturated carbocycles. The summed E-state index contributed by atoms with van der Waals surface area (Å²) in [5, 5.41) is 10.6. The average molecular weight is 223 g/mol. The third-order valence-electron chi connectivity index (χ3n) is 1.91. The molecule has 5 heteroatoms. The van der Waals surface area contributed by atoms with E-state index < -0.39 is 6.09 Å². The highest BCUT2D eigenvalue weighted by atomic mass is 16.5. The Morgan fingerprint density at radius 1 is 1.31 bits per heavy atom. The summed E-state index contributed by atoms with van der Waals surface area (Å²) in [6.07, 6.45) is -1.07. The van der Waals surface area contributed by atoms with Crippen LogP contribution in [0.1, 0.15) is 22.8 Å². The van der Waals surface area contributed by atoms with Crippen molar-refractivity contribution in [2.75, 3.05) is 6.61 Å². The number of amides is 1. The number of hydrogen-bond donors (Lipinski definition) is 2. The number of rotatable bonds is 4. The molecule has 0 aromatic heterocycles. The number of nitrogens with one attached hydrogen (secondary N) is 1. The molecule has 1 amide bonds. The summed E-state index contributed by atoms with van der Waals surface area (Å²) < 4.78 is 4.82. The van der Waals surface area contributed by atoms with E-state index in [4.69, 9.17) is 9.84 Å². The summed E-state index contributed by atoms with van der Waals surface area (Å²) in [5.74, 6) is -0.375. The van der Waals surface area contributed by atoms with Crippen LogP contribution in [0.25, 0.3) is 0 Å². The Kier molecular flexibility index (Phi) is 4.32. The van der Waals surface area contributed by atoms with Gasteiger partial charge in [0.15, 0.2) is 0 Å². The molecule has 0 spiro atoms. The van der Waals surface area contributed by atoms with E-state index in [1.807, 2.05) is 0 Å². The van der Waals surface area contributed by atoms with Crippen molar-refractivity contribution >= 4 is 12.1 Å². The van der Waals surface area contributed by atoms with Crippen LogP contribution in [0.3, 0.4) is 0 Å². The van der Waals surface area contributed by atoms with Gasteiger partial charge in [0.1, 0.15) is 0 Å². The lowest BCUT2D eigenvalue weighted by atomic mass is 10.1. The zero-order valence-electron chi connectivity index (χ0n) is 8.90. The standard InChI is InChI=1S/C11H13NO4/c1-2-16-10(13)9-5-3-8(4-6-9)7-12-11(14)15/h3-6,12H,2,7H2,1H3,(H,14,15). The molecule has 1 rings (SSSR count). The lowest BCUT2D eigenvalue weighted by Gasteiger charge is -2.04. The van der Waals surface area contributed by atoms with Crippen LogP contribution < -0.4 is 5.32 Å². The van der Waals surface area contributed by atoms with Crippen LogP contribution in [-0.4, -0.2) is 23.8 Å². The van der Waals surface area contributed by atoms with Gasteiger partial charge in [0.2, 0.25) is 0 Å². The van der Waals surface area contributed by atoms with Crippen molar-refractivity contribution in [2.45, 2.75) is 13.5 Å². The van der Waals surface area contributed by atoms with E-state index in [0.29, 0.717) is 12.2 Å². The van der Waals surface area contributed by atoms with Crippen molar-refractivity contribution in [3.05, 3.63) is 35.4 Å². The number of hydrogen-bond acceptors (Lipinski definition) is 3. The molecule has 2 N–H and O–H groups in total. The molecular weight excluding hydrogens is 210 g/mol. The molecule has 0 aliphatic rings. The van der Waals surface area contributed by atoms with Crippen molar-refractivity contribution in [2.24, 2.45) is 0 Å². The van der Waals surface area contributed by atoms with Crippen LogP contribution in [0.15, 0.2) is 24.3 Å². The fourth-order valence-corrected chi connectivity index (χ4v) is 1.15. The molecule has 0 saturated heterocycles. The average Bonchev–Trinajstić information content (AvgIpc) is 2.27. The molecular formula is C11H13NO4. The Hall–Kier alpha value is -2.04. The molecule has 0 aliphatic heterocycles. The van der Waals surface area contributed by atoms with Gasteiger partial charge in [0.25, 0.3) is 0 Å². The summed E-state index contributed by atoms with van der Waals surface area (Å²) in [6.45, 7) is 2.29. The summed E-state index contributed by atoms with van der Waals surface area (Å²) in [6, 6.07) is 6.58. The number of carbonyl (C=O) groups is 2. The van der Waals surface area contributed by atoms with E-state index >= 15 is 0 Å². The number of benzene rings is 1. The highest BCUT2D eigenvalue weighted by Crippen LogP contribution is 2.05. The van der Waals surface area contributed by atoms with E-state index in [1.165, 1.54) is 0 Å². The Bertz CT molecular complexity index is 372. The molecule has 0 fully saturated rings. The second-order valence-electron chi connectivity index (χ2n) is 3.08. The zero-order valence-corrected chi connectivity index (χ0v) is 8.90. The van der Waals surface area contributed by atoms with E-state index in [9.17, 15) is 9.59 Å². The number of carbonyl (C=O) groups excluding carboxylic acids is 1. The number of carboxylic acid groups (broad SMARTS) is 1. The van der Waals surface area contributed by atoms with Crippen LogP contribution in [0.5, 0.6) is 0 Å². The molecule has 1 aromatic carbocycles. The van der Waals surface area contributed by atoms with Gasteiger partial charge in [-0.25, -0.2) is 9.59 Å². The van der Waals surface area contributed by atoms with Gasteiger partial charge in [-0.3, -0.25) is 0 Å². The minimum atomic E-state index is -1.07. The topological polar surface area (TPSA) is 75.6 Å². The van der Waals surface area contributed by atoms with Gasteiger partial charge in [-0.1, -0.05) is 12.1 Å². The first-order valence-electron chi connectivity index (χ1n) is 4.86. The molecule has 0 radical (unpaired) electrons. The van der Waals surface area contributed by atoms with Crippen LogP contribution in [0, 0.1) is 0 Å². The van der Waals surface area contributed by atoms with E-state index in [0.717, 1.165) is 5.56 Å². The molecule has 0 heterocycles. The molecule has 1 aromatic rings. The van der Waals surface area contributed by atoms with Gasteiger partial charge in [0, 0.05) is 6.54 Å². The van der Waals surface area contributed by atoms with Gasteiger partial charge in [0.05, 0.1) is 12.2 Å². The maximum Gasteiger partial charge on any atom is 0.404 e. The van der Waals surface area contributed by atoms with Crippen LogP contribution >= 0.6 is 0 Å². The highest BCUT2D eigenvalue weighted by Gasteiger charge is 2.05. The molecule has 0 unspecified atom stereocenters. The van der Waals surface area contributed by atoms with Crippen LogP contribution in [-0.2, 0) is 11.3 Å². The monoisotopic (exact) mass is 223 g/mol. The first-order valence-corrected chi connectivity index (χ1v) is 4.86. The Morgan fingerprint density at radius 3 is 2.44 bits per heavy atom. The predicted molar refractivity (Wildman–Crippen MR) is 57.3 cm³/mol. The highest BCUT2D eigenvalue weighted by molar-refractivity contribution is 5.89. The Morgan fingerprint density at radius 2 is 1.94 bits per heavy atom. The second-order valence-corrected chi connectivity index (χ2v) is 3.08. The maximum absolute atomic E-state index is 11.3. The summed E-state index contributed by atoms with van der Waals surface area (Å²) in [4.78, 5) is 21.5. The number of ether oxygens (including phenoxy) is 1. The van der Waals surface area contributed by atoms with E-state index in [-0.39, 0.29) is 12.5 Å². The summed E-state index contributed by atoms with van der Waals surface area (Å²) in [7, 11) is 0. The lowest BCUT2D eigenvalue weighted by Crippen LogP contribution is -2.19. The Labute approximate surface area is 93.0 Å². The van der Waals surface area contributed by atoms with Crippen molar-refractivity contribution in [1.29, 1.82) is 0 Å². The van der Waals surface area contributed by atoms with Crippen LogP contribution in [0.4, 0.5) is 4.79 Å². The van der Waals surface area contributed by atoms with E-state index in [1.54, 1.807) is 31.2 Å². The van der Waals surface area contributed by atoms with Gasteiger partial charge in [-0.05, 0) is 24.6 Å². The molecule has 86 valence electrons. The SMILES string of the molecule is CCOC(=O)c1ccc(CNC(=O)O)cc1. The predicted octanol–water partition coefficient (Wildman–Crippen LogP) is 1.63.